The maximum absolute atomic E-state index is 13.5. The summed E-state index contributed by atoms with van der Waals surface area (Å²) in [6, 6.07) is 28.1. The summed E-state index contributed by atoms with van der Waals surface area (Å²) in [6.07, 6.45) is 0.531. The lowest BCUT2D eigenvalue weighted by atomic mass is 10.2. The zero-order valence-electron chi connectivity index (χ0n) is 14.6. The molecule has 0 spiro atoms. The van der Waals surface area contributed by atoms with E-state index in [1.165, 1.54) is 11.8 Å². The molecule has 0 aromatic heterocycles. The van der Waals surface area contributed by atoms with E-state index in [1.54, 1.807) is 24.3 Å². The monoisotopic (exact) mass is 390 g/mol. The Morgan fingerprint density at radius 3 is 2.00 bits per heavy atom. The highest BCUT2D eigenvalue weighted by atomic mass is 32.3. The van der Waals surface area contributed by atoms with Crippen LogP contribution >= 0.6 is 11.8 Å². The zero-order valence-corrected chi connectivity index (χ0v) is 16.2. The van der Waals surface area contributed by atoms with Crippen molar-refractivity contribution >= 4 is 21.6 Å². The molecule has 3 aromatic rings. The Morgan fingerprint density at radius 2 is 1.37 bits per heavy atom. The van der Waals surface area contributed by atoms with Crippen molar-refractivity contribution in [1.29, 1.82) is 0 Å². The van der Waals surface area contributed by atoms with Crippen LogP contribution in [0.15, 0.2) is 101 Å². The maximum atomic E-state index is 13.5. The fourth-order valence-corrected chi connectivity index (χ4v) is 6.92. The first-order valence-electron chi connectivity index (χ1n) is 8.72. The van der Waals surface area contributed by atoms with E-state index in [4.69, 9.17) is 0 Å². The molecule has 0 aliphatic heterocycles. The Kier molecular flexibility index (Phi) is 4.82. The van der Waals surface area contributed by atoms with Gasteiger partial charge >= 0.3 is 0 Å². The third-order valence-electron chi connectivity index (χ3n) is 4.57. The summed E-state index contributed by atoms with van der Waals surface area (Å²) < 4.78 is 26.0. The standard InChI is InChI=1S/C23H18O2S2/c24-27(25,22-14-8-3-9-15-22)23(26-21-12-6-2-7-13-21)18-20(23)17-16-19-10-4-1-5-11-19/h1-15,20H,18H2/t20-,23-/m1/s1. The first kappa shape index (κ1) is 17.9. The van der Waals surface area contributed by atoms with Crippen molar-refractivity contribution in [2.45, 2.75) is 20.3 Å². The molecule has 0 unspecified atom stereocenters. The highest BCUT2D eigenvalue weighted by molar-refractivity contribution is 8.15. The molecule has 1 saturated carbocycles. The van der Waals surface area contributed by atoms with Crippen LogP contribution in [0, 0.1) is 17.8 Å². The van der Waals surface area contributed by atoms with Gasteiger partial charge in [-0.15, -0.1) is 11.8 Å². The fourth-order valence-electron chi connectivity index (χ4n) is 3.03. The molecule has 1 aliphatic rings. The summed E-state index contributed by atoms with van der Waals surface area (Å²) in [4.78, 5) is 1.30. The lowest BCUT2D eigenvalue weighted by Gasteiger charge is -2.17. The van der Waals surface area contributed by atoms with Crippen molar-refractivity contribution in [3.8, 4) is 11.8 Å². The molecular formula is C23H18O2S2. The van der Waals surface area contributed by atoms with Crippen LogP contribution in [0.25, 0.3) is 0 Å². The van der Waals surface area contributed by atoms with Gasteiger partial charge in [0.2, 0.25) is 0 Å². The molecule has 0 amide bonds. The number of benzene rings is 3. The van der Waals surface area contributed by atoms with Crippen LogP contribution < -0.4 is 0 Å². The van der Waals surface area contributed by atoms with Crippen molar-refractivity contribution in [3.63, 3.8) is 0 Å². The van der Waals surface area contributed by atoms with Crippen molar-refractivity contribution in [2.75, 3.05) is 0 Å². The summed E-state index contributed by atoms with van der Waals surface area (Å²) in [6.45, 7) is 0. The van der Waals surface area contributed by atoms with Crippen LogP contribution in [-0.2, 0) is 9.84 Å². The maximum Gasteiger partial charge on any atom is 0.194 e. The van der Waals surface area contributed by atoms with Crippen molar-refractivity contribution < 1.29 is 8.42 Å². The fraction of sp³-hybridized carbons (Fsp3) is 0.130. The number of sulfone groups is 1. The highest BCUT2D eigenvalue weighted by Crippen LogP contribution is 2.61. The van der Waals surface area contributed by atoms with Crippen molar-refractivity contribution in [1.82, 2.24) is 0 Å². The molecule has 134 valence electrons. The van der Waals surface area contributed by atoms with Gasteiger partial charge in [-0.05, 0) is 42.8 Å². The van der Waals surface area contributed by atoms with E-state index < -0.39 is 13.9 Å². The third kappa shape index (κ3) is 3.53. The number of thioether (sulfide) groups is 1. The Hall–Kier alpha value is -2.48. The molecule has 4 rings (SSSR count). The predicted octanol–water partition coefficient (Wildman–Crippen LogP) is 5.02. The molecule has 0 radical (unpaired) electrons. The number of hydrogen-bond donors (Lipinski definition) is 0. The minimum absolute atomic E-state index is 0.201. The average molecular weight is 391 g/mol. The lowest BCUT2D eigenvalue weighted by molar-refractivity contribution is 0.591. The third-order valence-corrected chi connectivity index (χ3v) is 9.03. The van der Waals surface area contributed by atoms with Crippen LogP contribution in [-0.4, -0.2) is 12.5 Å². The van der Waals surface area contributed by atoms with E-state index >= 15 is 0 Å². The van der Waals surface area contributed by atoms with E-state index in [2.05, 4.69) is 11.8 Å². The Labute approximate surface area is 164 Å². The molecule has 0 bridgehead atoms. The van der Waals surface area contributed by atoms with Gasteiger partial charge in [-0.25, -0.2) is 8.42 Å². The quantitative estimate of drug-likeness (QED) is 0.587. The first-order valence-corrected chi connectivity index (χ1v) is 11.0. The van der Waals surface area contributed by atoms with Crippen LogP contribution in [0.5, 0.6) is 0 Å². The van der Waals surface area contributed by atoms with Gasteiger partial charge in [0.25, 0.3) is 0 Å². The number of rotatable bonds is 4. The molecule has 0 heterocycles. The van der Waals surface area contributed by atoms with Gasteiger partial charge in [0.05, 0.1) is 10.8 Å². The SMILES string of the molecule is O=S(=O)(c1ccccc1)[C@]1(Sc2ccccc2)C[C@H]1C#Cc1ccccc1. The van der Waals surface area contributed by atoms with E-state index in [9.17, 15) is 8.42 Å². The van der Waals surface area contributed by atoms with Gasteiger partial charge in [-0.2, -0.15) is 0 Å². The molecular weight excluding hydrogens is 372 g/mol. The van der Waals surface area contributed by atoms with Crippen LogP contribution in [0.4, 0.5) is 0 Å². The topological polar surface area (TPSA) is 34.1 Å². The molecule has 2 nitrogen and oxygen atoms in total. The van der Waals surface area contributed by atoms with Gasteiger partial charge in [0, 0.05) is 10.5 Å². The zero-order chi connectivity index (χ0) is 18.7. The largest absolute Gasteiger partial charge is 0.222 e. The summed E-state index contributed by atoms with van der Waals surface area (Å²) in [7, 11) is -3.52. The molecule has 0 N–H and O–H groups in total. The molecule has 4 heteroatoms. The van der Waals surface area contributed by atoms with Gasteiger partial charge in [0.1, 0.15) is 4.08 Å². The first-order chi connectivity index (χ1) is 13.1. The van der Waals surface area contributed by atoms with Gasteiger partial charge in [-0.1, -0.05) is 66.4 Å². The van der Waals surface area contributed by atoms with Crippen LogP contribution in [0.3, 0.4) is 0 Å². The minimum Gasteiger partial charge on any atom is -0.222 e. The summed E-state index contributed by atoms with van der Waals surface area (Å²) in [5, 5.41) is 0. The van der Waals surface area contributed by atoms with Gasteiger partial charge < -0.3 is 0 Å². The van der Waals surface area contributed by atoms with E-state index in [-0.39, 0.29) is 5.92 Å². The molecule has 3 aromatic carbocycles. The number of hydrogen-bond acceptors (Lipinski definition) is 3. The van der Waals surface area contributed by atoms with Crippen molar-refractivity contribution in [2.24, 2.45) is 5.92 Å². The summed E-state index contributed by atoms with van der Waals surface area (Å²) in [5.74, 6) is 6.15. The second kappa shape index (κ2) is 7.26. The van der Waals surface area contributed by atoms with Gasteiger partial charge in [0.15, 0.2) is 9.84 Å². The summed E-state index contributed by atoms with van der Waals surface area (Å²) >= 11 is 1.41. The second-order valence-corrected chi connectivity index (χ2v) is 10.3. The molecule has 0 saturated heterocycles. The van der Waals surface area contributed by atoms with E-state index in [1.807, 2.05) is 66.7 Å². The van der Waals surface area contributed by atoms with E-state index in [0.717, 1.165) is 10.5 Å². The average Bonchev–Trinajstić information content (AvgIpc) is 3.43. The van der Waals surface area contributed by atoms with E-state index in [0.29, 0.717) is 11.3 Å². The Morgan fingerprint density at radius 1 is 0.815 bits per heavy atom. The molecule has 1 fully saturated rings. The normalized spacial score (nSPS) is 21.1. The highest BCUT2D eigenvalue weighted by Gasteiger charge is 2.64. The minimum atomic E-state index is -3.52. The van der Waals surface area contributed by atoms with Crippen molar-refractivity contribution in [3.05, 3.63) is 96.6 Å². The molecule has 27 heavy (non-hydrogen) atoms. The van der Waals surface area contributed by atoms with Crippen LogP contribution in [0.2, 0.25) is 0 Å². The van der Waals surface area contributed by atoms with Gasteiger partial charge in [-0.3, -0.25) is 0 Å². The Balaban J connectivity index is 1.71. The van der Waals surface area contributed by atoms with Crippen LogP contribution in [0.1, 0.15) is 12.0 Å². The second-order valence-electron chi connectivity index (χ2n) is 6.44. The predicted molar refractivity (Wildman–Crippen MR) is 110 cm³/mol. The molecule has 1 aliphatic carbocycles. The Bertz CT molecular complexity index is 1080. The summed E-state index contributed by atoms with van der Waals surface area (Å²) in [5.41, 5.74) is 0.903. The smallest absolute Gasteiger partial charge is 0.194 e. The molecule has 2 atom stereocenters. The lowest BCUT2D eigenvalue weighted by Crippen LogP contribution is -2.22.